The van der Waals surface area contributed by atoms with Gasteiger partial charge in [-0.15, -0.1) is 0 Å². The Morgan fingerprint density at radius 1 is 0.882 bits per heavy atom. The molecule has 0 saturated carbocycles. The molecule has 5 aromatic rings. The Morgan fingerprint density at radius 3 is 2.35 bits per heavy atom. The molecule has 3 N–H and O–H groups in total. The van der Waals surface area contributed by atoms with Crippen molar-refractivity contribution in [2.45, 2.75) is 6.54 Å². The first-order valence-corrected chi connectivity index (χ1v) is 10.8. The Morgan fingerprint density at radius 2 is 1.62 bits per heavy atom. The Labute approximate surface area is 196 Å². The molecule has 0 aliphatic carbocycles. The van der Waals surface area contributed by atoms with E-state index in [0.29, 0.717) is 22.9 Å². The van der Waals surface area contributed by atoms with Crippen molar-refractivity contribution in [2.75, 3.05) is 11.1 Å². The van der Waals surface area contributed by atoms with Crippen molar-refractivity contribution in [1.29, 1.82) is 0 Å². The highest BCUT2D eigenvalue weighted by atomic mass is 16.1. The van der Waals surface area contributed by atoms with Crippen LogP contribution in [-0.2, 0) is 13.6 Å². The molecule has 168 valence electrons. The normalized spacial score (nSPS) is 10.9. The van der Waals surface area contributed by atoms with Crippen LogP contribution in [0.3, 0.4) is 0 Å². The number of benzene rings is 2. The van der Waals surface area contributed by atoms with Crippen LogP contribution in [0, 0.1) is 0 Å². The summed E-state index contributed by atoms with van der Waals surface area (Å²) in [5, 5.41) is 7.66. The van der Waals surface area contributed by atoms with E-state index < -0.39 is 0 Å². The summed E-state index contributed by atoms with van der Waals surface area (Å²) in [6.07, 6.45) is 3.98. The van der Waals surface area contributed by atoms with Gasteiger partial charge in [0.05, 0.1) is 5.69 Å². The Hall–Kier alpha value is -4.72. The van der Waals surface area contributed by atoms with E-state index >= 15 is 0 Å². The van der Waals surface area contributed by atoms with E-state index in [4.69, 9.17) is 10.7 Å². The highest BCUT2D eigenvalue weighted by Gasteiger charge is 2.17. The van der Waals surface area contributed by atoms with Crippen LogP contribution in [0.15, 0.2) is 96.1 Å². The number of nitrogens with one attached hydrogen (secondary N) is 1. The van der Waals surface area contributed by atoms with Crippen LogP contribution in [0.4, 0.5) is 17.3 Å². The zero-order valence-electron chi connectivity index (χ0n) is 18.6. The average molecular weight is 450 g/mol. The molecule has 34 heavy (non-hydrogen) atoms. The molecule has 0 atom stereocenters. The van der Waals surface area contributed by atoms with Crippen LogP contribution in [-0.4, -0.2) is 24.3 Å². The van der Waals surface area contributed by atoms with Gasteiger partial charge in [-0.05, 0) is 17.7 Å². The molecule has 0 saturated heterocycles. The van der Waals surface area contributed by atoms with Crippen LogP contribution in [0.1, 0.15) is 5.56 Å². The fraction of sp³-hybridized carbons (Fsp3) is 0.0769. The van der Waals surface area contributed by atoms with Gasteiger partial charge < -0.3 is 15.6 Å². The quantitative estimate of drug-likeness (QED) is 0.405. The Bertz CT molecular complexity index is 1490. The molecule has 3 heterocycles. The van der Waals surface area contributed by atoms with E-state index in [1.807, 2.05) is 67.0 Å². The second kappa shape index (κ2) is 9.03. The minimum Gasteiger partial charge on any atom is -0.381 e. The number of anilines is 3. The first-order valence-electron chi connectivity index (χ1n) is 10.8. The Balaban J connectivity index is 1.52. The Kier molecular flexibility index (Phi) is 5.61. The monoisotopic (exact) mass is 449 g/mol. The van der Waals surface area contributed by atoms with Gasteiger partial charge in [-0.25, -0.2) is 14.6 Å². The van der Waals surface area contributed by atoms with Crippen molar-refractivity contribution in [1.82, 2.24) is 24.3 Å². The predicted octanol–water partition coefficient (Wildman–Crippen LogP) is 4.08. The van der Waals surface area contributed by atoms with E-state index in [-0.39, 0.29) is 11.4 Å². The number of rotatable bonds is 6. The van der Waals surface area contributed by atoms with Crippen LogP contribution >= 0.6 is 0 Å². The van der Waals surface area contributed by atoms with Crippen molar-refractivity contribution in [2.24, 2.45) is 7.05 Å². The van der Waals surface area contributed by atoms with Gasteiger partial charge in [0.15, 0.2) is 11.6 Å². The standard InChI is InChI=1S/C26H23N7O/c1-32-22(34)13-12-21(31-32)24-23(19-10-6-3-7-11-19)29-25(27)26(30-24)28-20-14-15-33(17-20)16-18-8-4-2-5-9-18/h2-15,17H,16H2,1H3,(H2,27,29)(H,28,30). The zero-order chi connectivity index (χ0) is 23.5. The van der Waals surface area contributed by atoms with Gasteiger partial charge in [-0.3, -0.25) is 4.79 Å². The molecule has 0 fully saturated rings. The topological polar surface area (TPSA) is 104 Å². The molecule has 2 aromatic carbocycles. The maximum absolute atomic E-state index is 11.9. The first kappa shape index (κ1) is 21.1. The molecule has 0 radical (unpaired) electrons. The number of aryl methyl sites for hydroxylation is 1. The molecule has 3 aromatic heterocycles. The van der Waals surface area contributed by atoms with Gasteiger partial charge in [0, 0.05) is 37.6 Å². The molecule has 0 spiro atoms. The maximum Gasteiger partial charge on any atom is 0.266 e. The maximum atomic E-state index is 11.9. The number of nitrogens with zero attached hydrogens (tertiary/aromatic N) is 5. The lowest BCUT2D eigenvalue weighted by Crippen LogP contribution is -2.18. The number of aromatic nitrogens is 5. The highest BCUT2D eigenvalue weighted by Crippen LogP contribution is 2.32. The minimum absolute atomic E-state index is 0.202. The summed E-state index contributed by atoms with van der Waals surface area (Å²) < 4.78 is 3.36. The summed E-state index contributed by atoms with van der Waals surface area (Å²) in [4.78, 5) is 21.3. The molecule has 8 heteroatoms. The van der Waals surface area contributed by atoms with Crippen molar-refractivity contribution in [3.8, 4) is 22.6 Å². The molecule has 0 unspecified atom stereocenters. The van der Waals surface area contributed by atoms with Crippen LogP contribution < -0.4 is 16.6 Å². The summed E-state index contributed by atoms with van der Waals surface area (Å²) in [5.74, 6) is 0.686. The van der Waals surface area contributed by atoms with Gasteiger partial charge in [0.25, 0.3) is 5.56 Å². The number of hydrogen-bond acceptors (Lipinski definition) is 6. The molecule has 0 bridgehead atoms. The van der Waals surface area contributed by atoms with E-state index in [9.17, 15) is 4.79 Å². The van der Waals surface area contributed by atoms with Gasteiger partial charge in [0.1, 0.15) is 17.1 Å². The van der Waals surface area contributed by atoms with E-state index in [0.717, 1.165) is 17.8 Å². The third kappa shape index (κ3) is 4.42. The van der Waals surface area contributed by atoms with Gasteiger partial charge in [-0.1, -0.05) is 60.7 Å². The fourth-order valence-corrected chi connectivity index (χ4v) is 3.69. The van der Waals surface area contributed by atoms with Crippen LogP contribution in [0.5, 0.6) is 0 Å². The molecule has 5 rings (SSSR count). The lowest BCUT2D eigenvalue weighted by molar-refractivity contribution is 0.711. The largest absolute Gasteiger partial charge is 0.381 e. The smallest absolute Gasteiger partial charge is 0.266 e. The van der Waals surface area contributed by atoms with Gasteiger partial charge in [0.2, 0.25) is 0 Å². The minimum atomic E-state index is -0.202. The SMILES string of the molecule is Cn1nc(-c2nc(Nc3ccn(Cc4ccccc4)c3)c(N)nc2-c2ccccc2)ccc1=O. The van der Waals surface area contributed by atoms with E-state index in [1.54, 1.807) is 13.1 Å². The lowest BCUT2D eigenvalue weighted by Gasteiger charge is -2.13. The second-order valence-electron chi connectivity index (χ2n) is 7.88. The van der Waals surface area contributed by atoms with E-state index in [1.165, 1.54) is 16.3 Å². The third-order valence-corrected chi connectivity index (χ3v) is 5.39. The number of nitrogens with two attached hydrogens (primary N) is 1. The molecule has 8 nitrogen and oxygen atoms in total. The van der Waals surface area contributed by atoms with Gasteiger partial charge >= 0.3 is 0 Å². The van der Waals surface area contributed by atoms with Gasteiger partial charge in [-0.2, -0.15) is 5.10 Å². The zero-order valence-corrected chi connectivity index (χ0v) is 18.6. The van der Waals surface area contributed by atoms with Crippen molar-refractivity contribution in [3.63, 3.8) is 0 Å². The second-order valence-corrected chi connectivity index (χ2v) is 7.88. The molecule has 0 aliphatic heterocycles. The summed E-state index contributed by atoms with van der Waals surface area (Å²) in [6, 6.07) is 25.0. The van der Waals surface area contributed by atoms with E-state index in [2.05, 4.69) is 32.1 Å². The highest BCUT2D eigenvalue weighted by molar-refractivity contribution is 5.80. The molecule has 0 amide bonds. The predicted molar refractivity (Wildman–Crippen MR) is 134 cm³/mol. The summed E-state index contributed by atoms with van der Waals surface area (Å²) in [5.41, 5.74) is 10.7. The summed E-state index contributed by atoms with van der Waals surface area (Å²) in [7, 11) is 1.60. The summed E-state index contributed by atoms with van der Waals surface area (Å²) >= 11 is 0. The van der Waals surface area contributed by atoms with Crippen LogP contribution in [0.25, 0.3) is 22.6 Å². The van der Waals surface area contributed by atoms with Crippen molar-refractivity contribution >= 4 is 17.3 Å². The number of nitrogen functional groups attached to an aromatic ring is 1. The molecular weight excluding hydrogens is 426 g/mol. The molecular formula is C26H23N7O. The lowest BCUT2D eigenvalue weighted by atomic mass is 10.1. The number of hydrogen-bond donors (Lipinski definition) is 2. The van der Waals surface area contributed by atoms with Crippen molar-refractivity contribution in [3.05, 3.63) is 107 Å². The van der Waals surface area contributed by atoms with Crippen LogP contribution in [0.2, 0.25) is 0 Å². The third-order valence-electron chi connectivity index (χ3n) is 5.39. The average Bonchev–Trinajstić information content (AvgIpc) is 3.30. The van der Waals surface area contributed by atoms with Crippen molar-refractivity contribution < 1.29 is 0 Å². The first-order chi connectivity index (χ1) is 16.6. The fourth-order valence-electron chi connectivity index (χ4n) is 3.69. The summed E-state index contributed by atoms with van der Waals surface area (Å²) in [6.45, 7) is 0.754. The molecule has 0 aliphatic rings.